The van der Waals surface area contributed by atoms with Gasteiger partial charge in [-0.25, -0.2) is 0 Å². The van der Waals surface area contributed by atoms with Gasteiger partial charge in [-0.15, -0.1) is 0 Å². The second-order valence-corrected chi connectivity index (χ2v) is 8.34. The fourth-order valence-electron chi connectivity index (χ4n) is 3.44. The summed E-state index contributed by atoms with van der Waals surface area (Å²) in [6.45, 7) is 0.125. The van der Waals surface area contributed by atoms with Crippen LogP contribution in [0.25, 0.3) is 5.57 Å². The molecule has 0 spiro atoms. The summed E-state index contributed by atoms with van der Waals surface area (Å²) < 4.78 is 0. The standard InChI is InChI=1S/C24H20Cl2N4O2/c1-29(2)18-6-4-17(5-7-18)28-22-21(19-8-3-16(25)13-20(19)26)23(31)30(24(22)32)14-15-9-11-27-12-10-15/h3-13,28H,14H2,1-2H3. The molecule has 1 aliphatic heterocycles. The third kappa shape index (κ3) is 4.33. The molecule has 2 amide bonds. The third-order valence-corrected chi connectivity index (χ3v) is 5.66. The number of nitrogens with zero attached hydrogens (tertiary/aromatic N) is 3. The lowest BCUT2D eigenvalue weighted by molar-refractivity contribution is -0.137. The van der Waals surface area contributed by atoms with E-state index in [1.54, 1.807) is 42.7 Å². The van der Waals surface area contributed by atoms with Gasteiger partial charge in [0.05, 0.1) is 17.1 Å². The van der Waals surface area contributed by atoms with Crippen molar-refractivity contribution in [2.24, 2.45) is 0 Å². The average Bonchev–Trinajstić information content (AvgIpc) is 2.99. The average molecular weight is 467 g/mol. The van der Waals surface area contributed by atoms with Crippen LogP contribution in [-0.2, 0) is 16.1 Å². The van der Waals surface area contributed by atoms with Gasteiger partial charge in [0.15, 0.2) is 0 Å². The Morgan fingerprint density at radius 1 is 0.938 bits per heavy atom. The lowest BCUT2D eigenvalue weighted by Gasteiger charge is -2.16. The van der Waals surface area contributed by atoms with Gasteiger partial charge in [0.2, 0.25) is 0 Å². The molecule has 0 fully saturated rings. The van der Waals surface area contributed by atoms with Gasteiger partial charge in [-0.1, -0.05) is 29.3 Å². The molecule has 3 aromatic rings. The summed E-state index contributed by atoms with van der Waals surface area (Å²) in [6.07, 6.45) is 3.24. The minimum atomic E-state index is -0.427. The molecule has 6 nitrogen and oxygen atoms in total. The van der Waals surface area contributed by atoms with E-state index in [1.165, 1.54) is 4.90 Å². The molecule has 2 heterocycles. The predicted octanol–water partition coefficient (Wildman–Crippen LogP) is 4.85. The molecular formula is C24H20Cl2N4O2. The molecule has 8 heteroatoms. The lowest BCUT2D eigenvalue weighted by atomic mass is 10.0. The number of benzene rings is 2. The zero-order valence-electron chi connectivity index (χ0n) is 17.5. The molecule has 0 aliphatic carbocycles. The first-order chi connectivity index (χ1) is 15.3. The normalized spacial score (nSPS) is 13.7. The van der Waals surface area contributed by atoms with Crippen LogP contribution in [0.3, 0.4) is 0 Å². The Labute approximate surface area is 196 Å². The molecule has 1 aliphatic rings. The Hall–Kier alpha value is -3.35. The molecule has 0 unspecified atom stereocenters. The van der Waals surface area contributed by atoms with Gasteiger partial charge >= 0.3 is 0 Å². The van der Waals surface area contributed by atoms with Gasteiger partial charge in [0.1, 0.15) is 5.70 Å². The summed E-state index contributed by atoms with van der Waals surface area (Å²) >= 11 is 12.5. The van der Waals surface area contributed by atoms with Gasteiger partial charge < -0.3 is 10.2 Å². The third-order valence-electron chi connectivity index (χ3n) is 5.11. The number of amides is 2. The molecule has 0 bridgehead atoms. The van der Waals surface area contributed by atoms with Crippen LogP contribution in [0.2, 0.25) is 10.0 Å². The van der Waals surface area contributed by atoms with Crippen molar-refractivity contribution in [3.8, 4) is 0 Å². The number of carbonyl (C=O) groups excluding carboxylic acids is 2. The predicted molar refractivity (Wildman–Crippen MR) is 128 cm³/mol. The van der Waals surface area contributed by atoms with E-state index < -0.39 is 11.8 Å². The minimum absolute atomic E-state index is 0.125. The molecule has 0 atom stereocenters. The van der Waals surface area contributed by atoms with Crippen LogP contribution in [0.4, 0.5) is 11.4 Å². The first-order valence-corrected chi connectivity index (χ1v) is 10.6. The Bertz CT molecular complexity index is 1210. The number of aromatic nitrogens is 1. The summed E-state index contributed by atoms with van der Waals surface area (Å²) in [7, 11) is 3.89. The van der Waals surface area contributed by atoms with E-state index in [0.29, 0.717) is 21.3 Å². The second kappa shape index (κ2) is 9.02. The van der Waals surface area contributed by atoms with Crippen LogP contribution in [0.1, 0.15) is 11.1 Å². The van der Waals surface area contributed by atoms with Crippen LogP contribution in [0.15, 0.2) is 72.7 Å². The number of carbonyl (C=O) groups is 2. The maximum Gasteiger partial charge on any atom is 0.278 e. The van der Waals surface area contributed by atoms with E-state index >= 15 is 0 Å². The van der Waals surface area contributed by atoms with Crippen molar-refractivity contribution in [2.75, 3.05) is 24.3 Å². The highest BCUT2D eigenvalue weighted by atomic mass is 35.5. The van der Waals surface area contributed by atoms with Gasteiger partial charge in [-0.05, 0) is 54.1 Å². The molecule has 0 saturated carbocycles. The quantitative estimate of drug-likeness (QED) is 0.526. The Balaban J connectivity index is 1.75. The van der Waals surface area contributed by atoms with Crippen molar-refractivity contribution in [1.82, 2.24) is 9.88 Å². The summed E-state index contributed by atoms with van der Waals surface area (Å²) in [5.41, 5.74) is 3.31. The number of halogens is 2. The van der Waals surface area contributed by atoms with E-state index in [1.807, 2.05) is 43.3 Å². The highest BCUT2D eigenvalue weighted by Crippen LogP contribution is 2.36. The van der Waals surface area contributed by atoms with E-state index in [2.05, 4.69) is 10.3 Å². The summed E-state index contributed by atoms with van der Waals surface area (Å²) in [6, 6.07) is 15.9. The molecular weight excluding hydrogens is 447 g/mol. The highest BCUT2D eigenvalue weighted by Gasteiger charge is 2.40. The van der Waals surface area contributed by atoms with E-state index in [9.17, 15) is 9.59 Å². The first kappa shape index (κ1) is 21.9. The molecule has 0 saturated heterocycles. The van der Waals surface area contributed by atoms with Crippen molar-refractivity contribution >= 4 is 52.0 Å². The van der Waals surface area contributed by atoms with Crippen molar-refractivity contribution in [2.45, 2.75) is 6.54 Å². The Morgan fingerprint density at radius 2 is 1.62 bits per heavy atom. The zero-order chi connectivity index (χ0) is 22.8. The van der Waals surface area contributed by atoms with Gasteiger partial charge in [0, 0.05) is 48.4 Å². The number of imide groups is 1. The summed E-state index contributed by atoms with van der Waals surface area (Å²) in [4.78, 5) is 33.9. The number of nitrogens with one attached hydrogen (secondary N) is 1. The van der Waals surface area contributed by atoms with E-state index in [-0.39, 0.29) is 17.8 Å². The van der Waals surface area contributed by atoms with Crippen molar-refractivity contribution in [3.63, 3.8) is 0 Å². The Morgan fingerprint density at radius 3 is 2.25 bits per heavy atom. The number of pyridine rings is 1. The monoisotopic (exact) mass is 466 g/mol. The van der Waals surface area contributed by atoms with Gasteiger partial charge in [-0.2, -0.15) is 0 Å². The molecule has 1 N–H and O–H groups in total. The fraction of sp³-hybridized carbons (Fsp3) is 0.125. The molecule has 162 valence electrons. The SMILES string of the molecule is CN(C)c1ccc(NC2=C(c3ccc(Cl)cc3Cl)C(=O)N(Cc3ccncc3)C2=O)cc1. The lowest BCUT2D eigenvalue weighted by Crippen LogP contribution is -2.32. The fourth-order valence-corrected chi connectivity index (χ4v) is 3.94. The highest BCUT2D eigenvalue weighted by molar-refractivity contribution is 6.41. The van der Waals surface area contributed by atoms with Crippen molar-refractivity contribution in [3.05, 3.63) is 93.9 Å². The Kier molecular flexibility index (Phi) is 6.17. The number of anilines is 2. The van der Waals surface area contributed by atoms with Gasteiger partial charge in [-0.3, -0.25) is 19.5 Å². The van der Waals surface area contributed by atoms with Gasteiger partial charge in [0.25, 0.3) is 11.8 Å². The van der Waals surface area contributed by atoms with Crippen LogP contribution >= 0.6 is 23.2 Å². The number of hydrogen-bond acceptors (Lipinski definition) is 5. The maximum atomic E-state index is 13.4. The molecule has 1 aromatic heterocycles. The first-order valence-electron chi connectivity index (χ1n) is 9.84. The summed E-state index contributed by atoms with van der Waals surface area (Å²) in [5, 5.41) is 3.87. The van der Waals surface area contributed by atoms with Crippen LogP contribution in [0, 0.1) is 0 Å². The molecule has 4 rings (SSSR count). The van der Waals surface area contributed by atoms with Crippen molar-refractivity contribution in [1.29, 1.82) is 0 Å². The number of hydrogen-bond donors (Lipinski definition) is 1. The maximum absolute atomic E-state index is 13.4. The topological polar surface area (TPSA) is 65.5 Å². The minimum Gasteiger partial charge on any atom is -0.378 e. The molecule has 2 aromatic carbocycles. The van der Waals surface area contributed by atoms with E-state index in [0.717, 1.165) is 11.3 Å². The summed E-state index contributed by atoms with van der Waals surface area (Å²) in [5.74, 6) is -0.854. The van der Waals surface area contributed by atoms with Crippen molar-refractivity contribution < 1.29 is 9.59 Å². The van der Waals surface area contributed by atoms with E-state index in [4.69, 9.17) is 23.2 Å². The zero-order valence-corrected chi connectivity index (χ0v) is 19.0. The number of rotatable bonds is 6. The van der Waals surface area contributed by atoms with Crippen LogP contribution < -0.4 is 10.2 Å². The smallest absolute Gasteiger partial charge is 0.278 e. The van der Waals surface area contributed by atoms with Crippen LogP contribution in [-0.4, -0.2) is 35.8 Å². The molecule has 0 radical (unpaired) electrons. The van der Waals surface area contributed by atoms with Crippen LogP contribution in [0.5, 0.6) is 0 Å². The largest absolute Gasteiger partial charge is 0.378 e. The molecule has 32 heavy (non-hydrogen) atoms. The second-order valence-electron chi connectivity index (χ2n) is 7.49.